The highest BCUT2D eigenvalue weighted by Gasteiger charge is 2.47. The Balaban J connectivity index is 1.45. The molecule has 0 radical (unpaired) electrons. The van der Waals surface area contributed by atoms with Crippen LogP contribution in [0.25, 0.3) is 0 Å². The number of rotatable bonds is 8. The van der Waals surface area contributed by atoms with E-state index in [2.05, 4.69) is 25.7 Å². The Labute approximate surface area is 178 Å². The lowest BCUT2D eigenvalue weighted by atomic mass is 9.88. The van der Waals surface area contributed by atoms with Gasteiger partial charge in [0, 0.05) is 12.2 Å². The molecular weight excluding hydrogens is 405 g/mol. The first-order valence-corrected chi connectivity index (χ1v) is 10.1. The molecule has 0 unspecified atom stereocenters. The molecule has 0 aromatic carbocycles. The molecule has 1 saturated carbocycles. The van der Waals surface area contributed by atoms with Crippen LogP contribution in [0.4, 0.5) is 21.8 Å². The van der Waals surface area contributed by atoms with E-state index in [0.717, 1.165) is 12.6 Å². The molecule has 4 atom stereocenters. The van der Waals surface area contributed by atoms with Gasteiger partial charge in [-0.15, -0.1) is 0 Å². The highest BCUT2D eigenvalue weighted by Crippen LogP contribution is 2.44. The van der Waals surface area contributed by atoms with Crippen molar-refractivity contribution in [3.8, 4) is 0 Å². The lowest BCUT2D eigenvalue weighted by Gasteiger charge is -2.27. The highest BCUT2D eigenvalue weighted by atomic mass is 19.1. The van der Waals surface area contributed by atoms with Crippen LogP contribution in [-0.4, -0.2) is 43.8 Å². The fraction of sp³-hybridized carbons (Fsp3) is 0.450. The van der Waals surface area contributed by atoms with Crippen LogP contribution in [0.15, 0.2) is 30.7 Å². The van der Waals surface area contributed by atoms with Gasteiger partial charge in [0.1, 0.15) is 6.54 Å². The van der Waals surface area contributed by atoms with Crippen LogP contribution in [0.2, 0.25) is 0 Å². The number of nitrogens with two attached hydrogens (primary N) is 1. The fourth-order valence-corrected chi connectivity index (χ4v) is 4.17. The van der Waals surface area contributed by atoms with E-state index in [1.165, 1.54) is 10.9 Å². The fourth-order valence-electron chi connectivity index (χ4n) is 4.17. The Morgan fingerprint density at radius 2 is 2.10 bits per heavy atom. The lowest BCUT2D eigenvalue weighted by molar-refractivity contribution is -0.148. The van der Waals surface area contributed by atoms with Crippen LogP contribution < -0.4 is 16.4 Å². The number of primary amides is 1. The van der Waals surface area contributed by atoms with Crippen molar-refractivity contribution >= 4 is 29.3 Å². The Kier molecular flexibility index (Phi) is 5.57. The van der Waals surface area contributed by atoms with E-state index in [4.69, 9.17) is 10.5 Å². The second-order valence-corrected chi connectivity index (χ2v) is 8.03. The van der Waals surface area contributed by atoms with Crippen LogP contribution in [0.1, 0.15) is 20.3 Å². The van der Waals surface area contributed by atoms with Gasteiger partial charge in [-0.25, -0.2) is 9.37 Å². The molecule has 4 N–H and O–H groups in total. The summed E-state index contributed by atoms with van der Waals surface area (Å²) in [4.78, 5) is 31.8. The largest absolute Gasteiger partial charge is 0.462 e. The molecule has 1 fully saturated rings. The van der Waals surface area contributed by atoms with Crippen molar-refractivity contribution in [1.29, 1.82) is 0 Å². The van der Waals surface area contributed by atoms with E-state index >= 15 is 0 Å². The minimum atomic E-state index is -0.632. The Hall–Kier alpha value is -3.50. The van der Waals surface area contributed by atoms with Crippen LogP contribution in [0.3, 0.4) is 0 Å². The van der Waals surface area contributed by atoms with Crippen molar-refractivity contribution in [3.05, 3.63) is 36.6 Å². The molecule has 0 aliphatic heterocycles. The number of allylic oxidation sites excluding steroid dienone is 1. The van der Waals surface area contributed by atoms with Crippen molar-refractivity contribution in [2.45, 2.75) is 39.0 Å². The molecule has 2 bridgehead atoms. The molecule has 164 valence electrons. The number of carbonyl (C=O) groups is 2. The number of hydrogen-bond acceptors (Lipinski definition) is 8. The number of nitrogens with zero attached hydrogens (tertiary/aromatic N) is 4. The van der Waals surface area contributed by atoms with Gasteiger partial charge in [0.25, 0.3) is 0 Å². The number of carbonyl (C=O) groups excluding carboxylic acids is 2. The average molecular weight is 429 g/mol. The number of anilines is 3. The third-order valence-corrected chi connectivity index (χ3v) is 5.38. The van der Waals surface area contributed by atoms with Gasteiger partial charge >= 0.3 is 5.97 Å². The summed E-state index contributed by atoms with van der Waals surface area (Å²) < 4.78 is 20.9. The first-order chi connectivity index (χ1) is 14.8. The minimum Gasteiger partial charge on any atom is -0.462 e. The van der Waals surface area contributed by atoms with Gasteiger partial charge < -0.3 is 21.1 Å². The third kappa shape index (κ3) is 4.49. The molecule has 0 saturated heterocycles. The zero-order valence-electron chi connectivity index (χ0n) is 17.2. The van der Waals surface area contributed by atoms with Crippen molar-refractivity contribution < 1.29 is 18.7 Å². The quantitative estimate of drug-likeness (QED) is 0.425. The highest BCUT2D eigenvalue weighted by molar-refractivity contribution is 5.79. The van der Waals surface area contributed by atoms with Gasteiger partial charge in [-0.1, -0.05) is 12.2 Å². The number of esters is 1. The van der Waals surface area contributed by atoms with Crippen molar-refractivity contribution in [3.63, 3.8) is 0 Å². The van der Waals surface area contributed by atoms with E-state index in [0.29, 0.717) is 5.69 Å². The smallest absolute Gasteiger partial charge is 0.328 e. The van der Waals surface area contributed by atoms with Gasteiger partial charge in [0.2, 0.25) is 11.9 Å². The number of aromatic nitrogens is 4. The number of halogens is 1. The van der Waals surface area contributed by atoms with Crippen LogP contribution >= 0.6 is 0 Å². The standard InChI is InChI=1S/C20H24FN7O3/c1-10(2)31-15(29)9-28-8-13(6-24-28)25-20-23-7-14(21)19(27-20)26-17-12-4-3-11(5-12)16(17)18(22)30/h3-4,6-8,10-12,16-17H,5,9H2,1-2H3,(H2,22,30)(H2,23,25,26,27)/t11-,12+,16+,17-/m1/s1. The zero-order chi connectivity index (χ0) is 22.1. The summed E-state index contributed by atoms with van der Waals surface area (Å²) in [5.74, 6) is -1.57. The molecule has 1 amide bonds. The van der Waals surface area contributed by atoms with Gasteiger partial charge in [-0.05, 0) is 32.1 Å². The molecule has 10 nitrogen and oxygen atoms in total. The Bertz CT molecular complexity index is 1020. The summed E-state index contributed by atoms with van der Waals surface area (Å²) in [5, 5.41) is 10.1. The van der Waals surface area contributed by atoms with Gasteiger partial charge in [0.05, 0.1) is 30.1 Å². The van der Waals surface area contributed by atoms with Gasteiger partial charge in [-0.2, -0.15) is 10.1 Å². The second kappa shape index (κ2) is 8.32. The van der Waals surface area contributed by atoms with Crippen molar-refractivity contribution in [1.82, 2.24) is 19.7 Å². The molecule has 2 aromatic rings. The van der Waals surface area contributed by atoms with E-state index in [1.807, 2.05) is 12.2 Å². The van der Waals surface area contributed by atoms with Crippen LogP contribution in [0.5, 0.6) is 0 Å². The molecule has 31 heavy (non-hydrogen) atoms. The Morgan fingerprint density at radius 1 is 1.32 bits per heavy atom. The minimum absolute atomic E-state index is 0.0115. The maximum Gasteiger partial charge on any atom is 0.328 e. The third-order valence-electron chi connectivity index (χ3n) is 5.38. The number of nitrogens with one attached hydrogen (secondary N) is 2. The van der Waals surface area contributed by atoms with Gasteiger partial charge in [-0.3, -0.25) is 14.3 Å². The second-order valence-electron chi connectivity index (χ2n) is 8.03. The molecule has 0 spiro atoms. The predicted octanol–water partition coefficient (Wildman–Crippen LogP) is 1.60. The maximum atomic E-state index is 14.4. The summed E-state index contributed by atoms with van der Waals surface area (Å²) >= 11 is 0. The van der Waals surface area contributed by atoms with Crippen LogP contribution in [-0.2, 0) is 20.9 Å². The number of fused-ring (bicyclic) bond motifs is 2. The van der Waals surface area contributed by atoms with E-state index in [-0.39, 0.29) is 42.3 Å². The molecule has 2 aromatic heterocycles. The first-order valence-electron chi connectivity index (χ1n) is 10.1. The predicted molar refractivity (Wildman–Crippen MR) is 110 cm³/mol. The molecule has 2 heterocycles. The summed E-state index contributed by atoms with van der Waals surface area (Å²) in [6, 6.07) is -0.320. The summed E-state index contributed by atoms with van der Waals surface area (Å²) in [6.07, 6.45) is 8.75. The summed E-state index contributed by atoms with van der Waals surface area (Å²) in [6.45, 7) is 3.50. The van der Waals surface area contributed by atoms with E-state index < -0.39 is 23.6 Å². The molecule has 2 aliphatic carbocycles. The van der Waals surface area contributed by atoms with Crippen LogP contribution in [0, 0.1) is 23.6 Å². The normalized spacial score (nSPS) is 23.9. The number of ether oxygens (including phenoxy) is 1. The first kappa shape index (κ1) is 20.8. The summed E-state index contributed by atoms with van der Waals surface area (Å²) in [5.41, 5.74) is 6.09. The monoisotopic (exact) mass is 429 g/mol. The lowest BCUT2D eigenvalue weighted by Crippen LogP contribution is -2.41. The van der Waals surface area contributed by atoms with Gasteiger partial charge in [0.15, 0.2) is 11.6 Å². The summed E-state index contributed by atoms with van der Waals surface area (Å²) in [7, 11) is 0. The zero-order valence-corrected chi connectivity index (χ0v) is 17.2. The van der Waals surface area contributed by atoms with Crippen molar-refractivity contribution in [2.24, 2.45) is 23.5 Å². The molecule has 4 rings (SSSR count). The molecule has 2 aliphatic rings. The maximum absolute atomic E-state index is 14.4. The molecular formula is C20H24FN7O3. The van der Waals surface area contributed by atoms with Crippen molar-refractivity contribution in [2.75, 3.05) is 10.6 Å². The number of hydrogen-bond donors (Lipinski definition) is 3. The van der Waals surface area contributed by atoms with E-state index in [9.17, 15) is 14.0 Å². The van der Waals surface area contributed by atoms with E-state index in [1.54, 1.807) is 20.0 Å². The Morgan fingerprint density at radius 3 is 2.84 bits per heavy atom. The topological polar surface area (TPSA) is 137 Å². The SMILES string of the molecule is CC(C)OC(=O)Cn1cc(Nc2ncc(F)c(N[C@H]3[C@@H](C(N)=O)[C@@H]4C=C[C@H]3C4)n2)cn1. The molecule has 11 heteroatoms. The number of amides is 1. The average Bonchev–Trinajstić information content (AvgIpc) is 3.40.